The zero-order valence-corrected chi connectivity index (χ0v) is 18.2. The van der Waals surface area contributed by atoms with Crippen molar-refractivity contribution in [2.45, 2.75) is 33.4 Å². The summed E-state index contributed by atoms with van der Waals surface area (Å²) in [5.41, 5.74) is 2.08. The van der Waals surface area contributed by atoms with E-state index in [0.717, 1.165) is 10.1 Å². The highest BCUT2D eigenvalue weighted by molar-refractivity contribution is 5.81. The van der Waals surface area contributed by atoms with Crippen LogP contribution in [0.2, 0.25) is 0 Å². The topological polar surface area (TPSA) is 86.0 Å². The Kier molecular flexibility index (Phi) is 5.73. The number of hydrogen-bond donors (Lipinski definition) is 1. The van der Waals surface area contributed by atoms with E-state index in [-0.39, 0.29) is 18.2 Å². The van der Waals surface area contributed by atoms with Crippen molar-refractivity contribution in [2.75, 3.05) is 0 Å². The summed E-state index contributed by atoms with van der Waals surface area (Å²) in [6.45, 7) is 5.09. The predicted molar refractivity (Wildman–Crippen MR) is 124 cm³/mol. The number of fused-ring (bicyclic) bond motifs is 1. The van der Waals surface area contributed by atoms with Crippen LogP contribution >= 0.6 is 0 Å². The quantitative estimate of drug-likeness (QED) is 0.529. The lowest BCUT2D eigenvalue weighted by Crippen LogP contribution is -2.44. The lowest BCUT2D eigenvalue weighted by Gasteiger charge is -2.17. The smallest absolute Gasteiger partial charge is 0.337 e. The van der Waals surface area contributed by atoms with Gasteiger partial charge in [0.1, 0.15) is 6.54 Å². The van der Waals surface area contributed by atoms with Crippen molar-refractivity contribution in [3.63, 3.8) is 0 Å². The Hall–Kier alpha value is -4.00. The zero-order valence-electron chi connectivity index (χ0n) is 18.2. The third-order valence-electron chi connectivity index (χ3n) is 5.41. The predicted octanol–water partition coefficient (Wildman–Crippen LogP) is 3.04. The molecule has 1 N–H and O–H groups in total. The normalized spacial score (nSPS) is 12.0. The van der Waals surface area contributed by atoms with E-state index < -0.39 is 17.2 Å². The second-order valence-electron chi connectivity index (χ2n) is 7.82. The summed E-state index contributed by atoms with van der Waals surface area (Å²) in [4.78, 5) is 44.0. The molecule has 0 saturated heterocycles. The molecule has 0 spiro atoms. The maximum absolute atomic E-state index is 13.4. The largest absolute Gasteiger partial charge is 0.348 e. The van der Waals surface area contributed by atoms with E-state index in [1.807, 2.05) is 50.2 Å². The lowest BCUT2D eigenvalue weighted by molar-refractivity contribution is -0.122. The maximum atomic E-state index is 13.4. The van der Waals surface area contributed by atoms with Gasteiger partial charge in [0, 0.05) is 5.69 Å². The van der Waals surface area contributed by atoms with Crippen LogP contribution in [-0.4, -0.2) is 20.0 Å². The van der Waals surface area contributed by atoms with Crippen LogP contribution < -0.4 is 16.6 Å². The van der Waals surface area contributed by atoms with E-state index in [2.05, 4.69) is 10.3 Å². The van der Waals surface area contributed by atoms with Gasteiger partial charge in [-0.25, -0.2) is 18.9 Å². The standard InChI is InChI=1S/C25H24N4O3/c1-16-14-17(2)26-23-22(16)24(31)28(25(32)29(23)20-12-8-5-9-13-20)15-21(30)27-18(3)19-10-6-4-7-11-19/h4-14,18H,15H2,1-3H3,(H,27,30)/t18-/m0/s1. The molecule has 32 heavy (non-hydrogen) atoms. The second kappa shape index (κ2) is 8.63. The molecule has 0 aliphatic heterocycles. The number of aryl methyl sites for hydroxylation is 2. The number of pyridine rings is 1. The molecular weight excluding hydrogens is 404 g/mol. The number of para-hydroxylation sites is 1. The van der Waals surface area contributed by atoms with Crippen LogP contribution in [0.4, 0.5) is 0 Å². The SMILES string of the molecule is Cc1cc(C)c2c(=O)n(CC(=O)N[C@@H](C)c3ccccc3)c(=O)n(-c3ccccc3)c2n1. The first-order valence-corrected chi connectivity index (χ1v) is 10.4. The maximum Gasteiger partial charge on any atom is 0.337 e. The third kappa shape index (κ3) is 3.97. The fourth-order valence-electron chi connectivity index (χ4n) is 3.88. The number of aromatic nitrogens is 3. The van der Waals surface area contributed by atoms with Crippen molar-refractivity contribution >= 4 is 16.9 Å². The monoisotopic (exact) mass is 428 g/mol. The molecule has 0 aliphatic rings. The number of amides is 1. The molecule has 7 heteroatoms. The van der Waals surface area contributed by atoms with Gasteiger partial charge in [-0.15, -0.1) is 0 Å². The van der Waals surface area contributed by atoms with Crippen LogP contribution in [0.5, 0.6) is 0 Å². The molecule has 4 rings (SSSR count). The first kappa shape index (κ1) is 21.2. The minimum absolute atomic E-state index is 0.262. The molecule has 0 saturated carbocycles. The Morgan fingerprint density at radius 3 is 2.28 bits per heavy atom. The van der Waals surface area contributed by atoms with Crippen LogP contribution in [-0.2, 0) is 11.3 Å². The van der Waals surface area contributed by atoms with Gasteiger partial charge >= 0.3 is 5.69 Å². The number of carbonyl (C=O) groups is 1. The van der Waals surface area contributed by atoms with Gasteiger partial charge in [-0.3, -0.25) is 9.59 Å². The van der Waals surface area contributed by atoms with Crippen LogP contribution in [0.15, 0.2) is 76.3 Å². The first-order chi connectivity index (χ1) is 15.4. The van der Waals surface area contributed by atoms with Crippen molar-refractivity contribution in [3.8, 4) is 5.69 Å². The van der Waals surface area contributed by atoms with Crippen LogP contribution in [0.3, 0.4) is 0 Å². The Balaban J connectivity index is 1.83. The number of nitrogens with zero attached hydrogens (tertiary/aromatic N) is 3. The van der Waals surface area contributed by atoms with Crippen LogP contribution in [0.25, 0.3) is 16.7 Å². The van der Waals surface area contributed by atoms with E-state index in [1.165, 1.54) is 4.57 Å². The van der Waals surface area contributed by atoms with Crippen LogP contribution in [0.1, 0.15) is 29.8 Å². The summed E-state index contributed by atoms with van der Waals surface area (Å²) in [6.07, 6.45) is 0. The highest BCUT2D eigenvalue weighted by Gasteiger charge is 2.20. The molecule has 1 amide bonds. The van der Waals surface area contributed by atoms with Crippen LogP contribution in [0, 0.1) is 13.8 Å². The Morgan fingerprint density at radius 2 is 1.62 bits per heavy atom. The van der Waals surface area contributed by atoms with E-state index in [4.69, 9.17) is 0 Å². The fourth-order valence-corrected chi connectivity index (χ4v) is 3.88. The number of nitrogens with one attached hydrogen (secondary N) is 1. The van der Waals surface area contributed by atoms with E-state index in [1.54, 1.807) is 37.3 Å². The third-order valence-corrected chi connectivity index (χ3v) is 5.41. The highest BCUT2D eigenvalue weighted by atomic mass is 16.2. The molecule has 0 radical (unpaired) electrons. The zero-order chi connectivity index (χ0) is 22.8. The fraction of sp³-hybridized carbons (Fsp3) is 0.200. The Labute approximate surface area is 185 Å². The molecule has 2 heterocycles. The average molecular weight is 428 g/mol. The van der Waals surface area contributed by atoms with Crippen molar-refractivity contribution in [1.82, 2.24) is 19.4 Å². The second-order valence-corrected chi connectivity index (χ2v) is 7.82. The number of benzene rings is 2. The Bertz CT molecular complexity index is 1410. The molecule has 2 aromatic carbocycles. The molecule has 0 unspecified atom stereocenters. The van der Waals surface area contributed by atoms with E-state index in [9.17, 15) is 14.4 Å². The highest BCUT2D eigenvalue weighted by Crippen LogP contribution is 2.16. The van der Waals surface area contributed by atoms with Gasteiger partial charge in [-0.05, 0) is 50.1 Å². The summed E-state index contributed by atoms with van der Waals surface area (Å²) in [6, 6.07) is 20.0. The summed E-state index contributed by atoms with van der Waals surface area (Å²) >= 11 is 0. The molecule has 1 atom stereocenters. The van der Waals surface area contributed by atoms with Gasteiger partial charge in [0.05, 0.1) is 17.1 Å². The molecule has 162 valence electrons. The van der Waals surface area contributed by atoms with Crippen molar-refractivity contribution in [3.05, 3.63) is 104 Å². The van der Waals surface area contributed by atoms with Gasteiger partial charge in [-0.2, -0.15) is 0 Å². The van der Waals surface area contributed by atoms with Gasteiger partial charge in [-0.1, -0.05) is 48.5 Å². The molecule has 4 aromatic rings. The summed E-state index contributed by atoms with van der Waals surface area (Å²) < 4.78 is 2.37. The average Bonchev–Trinajstić information content (AvgIpc) is 2.77. The lowest BCUT2D eigenvalue weighted by atomic mass is 10.1. The van der Waals surface area contributed by atoms with Crippen molar-refractivity contribution < 1.29 is 4.79 Å². The van der Waals surface area contributed by atoms with Crippen molar-refractivity contribution in [2.24, 2.45) is 0 Å². The molecule has 0 fully saturated rings. The number of hydrogen-bond acceptors (Lipinski definition) is 4. The summed E-state index contributed by atoms with van der Waals surface area (Å²) in [5.74, 6) is -0.419. The first-order valence-electron chi connectivity index (χ1n) is 10.4. The summed E-state index contributed by atoms with van der Waals surface area (Å²) in [5, 5.41) is 3.19. The summed E-state index contributed by atoms with van der Waals surface area (Å²) in [7, 11) is 0. The number of rotatable bonds is 5. The molecule has 7 nitrogen and oxygen atoms in total. The van der Waals surface area contributed by atoms with Gasteiger partial charge in [0.15, 0.2) is 5.65 Å². The van der Waals surface area contributed by atoms with Gasteiger partial charge in [0.25, 0.3) is 5.56 Å². The number of carbonyl (C=O) groups excluding carboxylic acids is 1. The minimum atomic E-state index is -0.603. The molecular formula is C25H24N4O3. The van der Waals surface area contributed by atoms with E-state index >= 15 is 0 Å². The van der Waals surface area contributed by atoms with Gasteiger partial charge < -0.3 is 5.32 Å². The minimum Gasteiger partial charge on any atom is -0.348 e. The van der Waals surface area contributed by atoms with E-state index in [0.29, 0.717) is 22.3 Å². The van der Waals surface area contributed by atoms with Crippen molar-refractivity contribution in [1.29, 1.82) is 0 Å². The molecule has 0 bridgehead atoms. The molecule has 2 aromatic heterocycles. The molecule has 0 aliphatic carbocycles. The van der Waals surface area contributed by atoms with Gasteiger partial charge in [0.2, 0.25) is 5.91 Å². The Morgan fingerprint density at radius 1 is 1.00 bits per heavy atom.